The molecule has 2 saturated heterocycles. The number of morpholine rings is 1. The lowest BCUT2D eigenvalue weighted by molar-refractivity contribution is -0.0823. The third kappa shape index (κ3) is 7.60. The van der Waals surface area contributed by atoms with E-state index in [2.05, 4.69) is 36.3 Å². The Balaban J connectivity index is 1.53. The molecule has 30 heavy (non-hydrogen) atoms. The molecule has 7 heteroatoms. The summed E-state index contributed by atoms with van der Waals surface area (Å²) in [5.41, 5.74) is 0.136. The van der Waals surface area contributed by atoms with E-state index in [0.717, 1.165) is 83.7 Å². The highest BCUT2D eigenvalue weighted by molar-refractivity contribution is 5.79. The first-order chi connectivity index (χ1) is 14.5. The van der Waals surface area contributed by atoms with Crippen LogP contribution in [0.5, 0.6) is 0 Å². The Hall–Kier alpha value is -1.57. The molecule has 2 N–H and O–H groups in total. The number of furan rings is 1. The van der Waals surface area contributed by atoms with Gasteiger partial charge in [-0.1, -0.05) is 20.8 Å². The Bertz CT molecular complexity index is 621. The third-order valence-corrected chi connectivity index (χ3v) is 5.85. The predicted octanol–water partition coefficient (Wildman–Crippen LogP) is 2.53. The second-order valence-electron chi connectivity index (χ2n) is 9.39. The van der Waals surface area contributed by atoms with Gasteiger partial charge in [0.2, 0.25) is 0 Å². The maximum Gasteiger partial charge on any atom is 0.191 e. The van der Waals surface area contributed by atoms with Crippen LogP contribution in [-0.4, -0.2) is 76.1 Å². The van der Waals surface area contributed by atoms with Gasteiger partial charge in [0.25, 0.3) is 0 Å². The van der Waals surface area contributed by atoms with Crippen LogP contribution in [0.2, 0.25) is 0 Å². The van der Waals surface area contributed by atoms with Crippen molar-refractivity contribution in [3.63, 3.8) is 0 Å². The normalized spacial score (nSPS) is 24.0. The maximum absolute atomic E-state index is 6.14. The molecule has 0 amide bonds. The van der Waals surface area contributed by atoms with Crippen LogP contribution in [0.4, 0.5) is 0 Å². The van der Waals surface area contributed by atoms with Crippen LogP contribution in [0.1, 0.15) is 39.4 Å². The van der Waals surface area contributed by atoms with Crippen LogP contribution >= 0.6 is 0 Å². The van der Waals surface area contributed by atoms with Crippen molar-refractivity contribution in [1.82, 2.24) is 15.5 Å². The second kappa shape index (κ2) is 11.7. The molecule has 2 atom stereocenters. The number of guanidine groups is 1. The summed E-state index contributed by atoms with van der Waals surface area (Å²) < 4.78 is 17.0. The minimum atomic E-state index is 0.136. The van der Waals surface area contributed by atoms with Crippen molar-refractivity contribution in [2.24, 2.45) is 16.3 Å². The fourth-order valence-electron chi connectivity index (χ4n) is 4.29. The zero-order valence-electron chi connectivity index (χ0n) is 19.0. The minimum absolute atomic E-state index is 0.136. The van der Waals surface area contributed by atoms with Crippen molar-refractivity contribution >= 4 is 5.96 Å². The topological polar surface area (TPSA) is 71.3 Å². The molecule has 0 spiro atoms. The Labute approximate surface area is 181 Å². The molecule has 0 bridgehead atoms. The first kappa shape index (κ1) is 23.1. The highest BCUT2D eigenvalue weighted by Crippen LogP contribution is 2.34. The summed E-state index contributed by atoms with van der Waals surface area (Å²) >= 11 is 0. The largest absolute Gasteiger partial charge is 0.469 e. The second-order valence-corrected chi connectivity index (χ2v) is 9.39. The van der Waals surface area contributed by atoms with E-state index in [-0.39, 0.29) is 11.5 Å². The molecule has 0 aromatic carbocycles. The number of hydrogen-bond acceptors (Lipinski definition) is 5. The summed E-state index contributed by atoms with van der Waals surface area (Å²) in [5, 5.41) is 7.01. The molecule has 2 fully saturated rings. The molecule has 3 heterocycles. The number of aliphatic imine (C=N–C) groups is 1. The lowest BCUT2D eigenvalue weighted by atomic mass is 9.78. The van der Waals surface area contributed by atoms with Crippen molar-refractivity contribution in [2.75, 3.05) is 59.1 Å². The highest BCUT2D eigenvalue weighted by Gasteiger charge is 2.35. The van der Waals surface area contributed by atoms with Gasteiger partial charge in [0.05, 0.1) is 25.6 Å². The van der Waals surface area contributed by atoms with Gasteiger partial charge in [-0.15, -0.1) is 0 Å². The van der Waals surface area contributed by atoms with E-state index < -0.39 is 0 Å². The predicted molar refractivity (Wildman–Crippen MR) is 120 cm³/mol. The maximum atomic E-state index is 6.14. The number of nitrogens with zero attached hydrogens (tertiary/aromatic N) is 2. The first-order valence-electron chi connectivity index (χ1n) is 11.5. The van der Waals surface area contributed by atoms with E-state index in [1.807, 2.05) is 12.1 Å². The van der Waals surface area contributed by atoms with Gasteiger partial charge < -0.3 is 24.5 Å². The number of rotatable bonds is 8. The van der Waals surface area contributed by atoms with Gasteiger partial charge in [0.15, 0.2) is 5.96 Å². The van der Waals surface area contributed by atoms with E-state index in [1.54, 1.807) is 6.26 Å². The Morgan fingerprint density at radius 2 is 1.97 bits per heavy atom. The Kier molecular flexibility index (Phi) is 9.03. The SMILES string of the molecule is CC(C)(C)C1OCCCC1CN=C(NCCc1ccco1)NCCN1CCOCC1. The van der Waals surface area contributed by atoms with Gasteiger partial charge in [-0.2, -0.15) is 0 Å². The van der Waals surface area contributed by atoms with Crippen molar-refractivity contribution in [2.45, 2.75) is 46.1 Å². The number of hydrogen-bond donors (Lipinski definition) is 2. The molecule has 0 saturated carbocycles. The molecule has 170 valence electrons. The smallest absolute Gasteiger partial charge is 0.191 e. The van der Waals surface area contributed by atoms with Gasteiger partial charge in [0.1, 0.15) is 5.76 Å². The average molecular weight is 421 g/mol. The number of ether oxygens (including phenoxy) is 2. The van der Waals surface area contributed by atoms with Gasteiger partial charge in [-0.05, 0) is 30.4 Å². The molecule has 2 unspecified atom stereocenters. The van der Waals surface area contributed by atoms with Crippen molar-refractivity contribution in [1.29, 1.82) is 0 Å². The number of nitrogens with one attached hydrogen (secondary N) is 2. The first-order valence-corrected chi connectivity index (χ1v) is 11.5. The minimum Gasteiger partial charge on any atom is -0.469 e. The molecule has 0 radical (unpaired) electrons. The Morgan fingerprint density at radius 3 is 2.70 bits per heavy atom. The van der Waals surface area contributed by atoms with Gasteiger partial charge in [0, 0.05) is 58.2 Å². The molecule has 0 aliphatic carbocycles. The van der Waals surface area contributed by atoms with E-state index in [1.165, 1.54) is 6.42 Å². The van der Waals surface area contributed by atoms with Crippen LogP contribution in [0.25, 0.3) is 0 Å². The summed E-state index contributed by atoms with van der Waals surface area (Å²) in [6.45, 7) is 14.8. The Morgan fingerprint density at radius 1 is 1.17 bits per heavy atom. The van der Waals surface area contributed by atoms with E-state index in [4.69, 9.17) is 18.9 Å². The van der Waals surface area contributed by atoms with Crippen LogP contribution in [0, 0.1) is 11.3 Å². The molecular weight excluding hydrogens is 380 g/mol. The zero-order valence-corrected chi connectivity index (χ0v) is 19.0. The van der Waals surface area contributed by atoms with Crippen LogP contribution < -0.4 is 10.6 Å². The van der Waals surface area contributed by atoms with Crippen molar-refractivity contribution < 1.29 is 13.9 Å². The summed E-state index contributed by atoms with van der Waals surface area (Å²) in [4.78, 5) is 7.39. The standard InChI is InChI=1S/C23H40N4O3/c1-23(2,3)21-19(6-4-15-30-21)18-26-22(24-9-8-20-7-5-14-29-20)25-10-11-27-12-16-28-17-13-27/h5,7,14,19,21H,4,6,8-13,15-18H2,1-3H3,(H2,24,25,26). The van der Waals surface area contributed by atoms with Gasteiger partial charge >= 0.3 is 0 Å². The van der Waals surface area contributed by atoms with Crippen molar-refractivity contribution in [3.8, 4) is 0 Å². The van der Waals surface area contributed by atoms with E-state index in [9.17, 15) is 0 Å². The molecule has 7 nitrogen and oxygen atoms in total. The molecule has 1 aromatic heterocycles. The van der Waals surface area contributed by atoms with E-state index >= 15 is 0 Å². The fraction of sp³-hybridized carbons (Fsp3) is 0.783. The van der Waals surface area contributed by atoms with Crippen molar-refractivity contribution in [3.05, 3.63) is 24.2 Å². The average Bonchev–Trinajstić information content (AvgIpc) is 3.25. The summed E-state index contributed by atoms with van der Waals surface area (Å²) in [6.07, 6.45) is 5.12. The zero-order chi connectivity index (χ0) is 21.2. The van der Waals surface area contributed by atoms with E-state index in [0.29, 0.717) is 5.92 Å². The summed E-state index contributed by atoms with van der Waals surface area (Å²) in [5.74, 6) is 2.33. The highest BCUT2D eigenvalue weighted by atomic mass is 16.5. The summed E-state index contributed by atoms with van der Waals surface area (Å²) in [6, 6.07) is 3.94. The van der Waals surface area contributed by atoms with Gasteiger partial charge in [-0.25, -0.2) is 0 Å². The monoisotopic (exact) mass is 420 g/mol. The quantitative estimate of drug-likeness (QED) is 0.497. The summed E-state index contributed by atoms with van der Waals surface area (Å²) in [7, 11) is 0. The third-order valence-electron chi connectivity index (χ3n) is 5.85. The van der Waals surface area contributed by atoms with Crippen LogP contribution in [0.3, 0.4) is 0 Å². The lowest BCUT2D eigenvalue weighted by Gasteiger charge is -2.39. The van der Waals surface area contributed by atoms with Gasteiger partial charge in [-0.3, -0.25) is 9.89 Å². The van der Waals surface area contributed by atoms with Crippen LogP contribution in [-0.2, 0) is 15.9 Å². The molecule has 2 aliphatic rings. The molecule has 1 aromatic rings. The lowest BCUT2D eigenvalue weighted by Crippen LogP contribution is -2.45. The molecule has 3 rings (SSSR count). The molecule has 2 aliphatic heterocycles. The fourth-order valence-corrected chi connectivity index (χ4v) is 4.29. The molecular formula is C23H40N4O3. The van der Waals surface area contributed by atoms with Crippen LogP contribution in [0.15, 0.2) is 27.8 Å².